The van der Waals surface area contributed by atoms with Gasteiger partial charge < -0.3 is 36.9 Å². The first kappa shape index (κ1) is 47.3. The molecule has 0 saturated carbocycles. The highest BCUT2D eigenvalue weighted by Gasteiger charge is 2.36. The number of nitrogens with zero attached hydrogens (tertiary/aromatic N) is 2. The molecule has 7 N–H and O–H groups in total. The van der Waals surface area contributed by atoms with Gasteiger partial charge in [0.05, 0.1) is 17.7 Å². The molecule has 0 fully saturated rings. The van der Waals surface area contributed by atoms with Gasteiger partial charge in [0, 0.05) is 79.9 Å². The minimum absolute atomic E-state index is 0.0112. The number of nitrogens with one attached hydrogen (secondary N) is 1. The van der Waals surface area contributed by atoms with Crippen molar-refractivity contribution < 1.29 is 37.8 Å². The Bertz CT molecular complexity index is 2410. The topological polar surface area (TPSA) is 221 Å². The van der Waals surface area contributed by atoms with Gasteiger partial charge in [0.2, 0.25) is 11.8 Å². The third-order valence-electron chi connectivity index (χ3n) is 10.7. The highest BCUT2D eigenvalue weighted by atomic mass is 19.1. The Morgan fingerprint density at radius 1 is 0.857 bits per heavy atom. The van der Waals surface area contributed by atoms with Crippen molar-refractivity contribution in [3.8, 4) is 40.5 Å². The van der Waals surface area contributed by atoms with E-state index in [1.54, 1.807) is 43.3 Å². The number of ketones is 3. The summed E-state index contributed by atoms with van der Waals surface area (Å²) >= 11 is 0. The van der Waals surface area contributed by atoms with Crippen molar-refractivity contribution in [2.24, 2.45) is 29.0 Å². The minimum atomic E-state index is -1.29. The van der Waals surface area contributed by atoms with Crippen LogP contribution >= 0.6 is 0 Å². The van der Waals surface area contributed by atoms with E-state index >= 15 is 4.39 Å². The number of hydrogen-bond donors (Lipinski definition) is 4. The first-order chi connectivity index (χ1) is 30.4. The molecule has 1 aliphatic heterocycles. The lowest BCUT2D eigenvalue weighted by Crippen LogP contribution is -2.46. The number of likely N-dealkylation sites (N-methyl/N-ethyl adjacent to an activating group) is 1. The van der Waals surface area contributed by atoms with Crippen LogP contribution < -0.4 is 32.0 Å². The van der Waals surface area contributed by atoms with E-state index in [-0.39, 0.29) is 76.3 Å². The number of rotatable bonds is 16. The maximum atomic E-state index is 15.5. The smallest absolute Gasteiger partial charge is 0.226 e. The number of carbonyl (C=O) groups excluding carboxylic acids is 5. The van der Waals surface area contributed by atoms with Gasteiger partial charge in [-0.3, -0.25) is 24.0 Å². The molecule has 2 amide bonds. The van der Waals surface area contributed by atoms with Crippen molar-refractivity contribution in [3.63, 3.8) is 0 Å². The van der Waals surface area contributed by atoms with E-state index in [4.69, 9.17) is 26.7 Å². The lowest BCUT2D eigenvalue weighted by atomic mass is 9.88. The predicted octanol–water partition coefficient (Wildman–Crippen LogP) is 4.81. The second kappa shape index (κ2) is 22.9. The zero-order valence-corrected chi connectivity index (χ0v) is 35.5. The van der Waals surface area contributed by atoms with Gasteiger partial charge in [-0.2, -0.15) is 5.26 Å². The van der Waals surface area contributed by atoms with Crippen LogP contribution in [0.1, 0.15) is 77.7 Å². The normalized spacial score (nSPS) is 16.6. The van der Waals surface area contributed by atoms with E-state index < -0.39 is 59.5 Å². The van der Waals surface area contributed by atoms with Crippen LogP contribution in [0.4, 0.5) is 4.39 Å². The molecular formula is C49H53FN6O7. The lowest BCUT2D eigenvalue weighted by Gasteiger charge is -2.32. The number of benzene rings is 4. The third-order valence-corrected chi connectivity index (χ3v) is 10.7. The average Bonchev–Trinajstić information content (AvgIpc) is 3.28. The molecule has 0 aromatic heterocycles. The van der Waals surface area contributed by atoms with Crippen LogP contribution in [0.2, 0.25) is 0 Å². The van der Waals surface area contributed by atoms with Crippen LogP contribution in [0.25, 0.3) is 11.1 Å². The number of hydrogen-bond acceptors (Lipinski definition) is 11. The monoisotopic (exact) mass is 856 g/mol. The van der Waals surface area contributed by atoms with Crippen LogP contribution in [0.3, 0.4) is 0 Å². The van der Waals surface area contributed by atoms with Gasteiger partial charge in [0.25, 0.3) is 0 Å². The largest absolute Gasteiger partial charge is 0.492 e. The Kier molecular flexibility index (Phi) is 17.2. The van der Waals surface area contributed by atoms with Crippen LogP contribution in [0.5, 0.6) is 11.5 Å². The van der Waals surface area contributed by atoms with Crippen molar-refractivity contribution in [1.82, 2.24) is 10.2 Å². The summed E-state index contributed by atoms with van der Waals surface area (Å²) in [6, 6.07) is 23.2. The molecule has 0 spiro atoms. The molecule has 14 heteroatoms. The number of fused-ring (bicyclic) bond motifs is 5. The van der Waals surface area contributed by atoms with Gasteiger partial charge in [0.1, 0.15) is 36.6 Å². The van der Waals surface area contributed by atoms with Gasteiger partial charge in [0.15, 0.2) is 17.3 Å². The van der Waals surface area contributed by atoms with Crippen molar-refractivity contribution in [1.29, 1.82) is 5.26 Å². The van der Waals surface area contributed by atoms with Gasteiger partial charge in [-0.15, -0.1) is 0 Å². The summed E-state index contributed by atoms with van der Waals surface area (Å²) in [5.41, 5.74) is 20.5. The summed E-state index contributed by atoms with van der Waals surface area (Å²) in [7, 11) is 1.44. The lowest BCUT2D eigenvalue weighted by molar-refractivity contribution is -0.142. The molecule has 63 heavy (non-hydrogen) atoms. The maximum Gasteiger partial charge on any atom is 0.226 e. The summed E-state index contributed by atoms with van der Waals surface area (Å²) < 4.78 is 27.7. The number of halogens is 1. The summed E-state index contributed by atoms with van der Waals surface area (Å²) in [4.78, 5) is 71.3. The van der Waals surface area contributed by atoms with E-state index in [0.717, 1.165) is 5.56 Å². The Morgan fingerprint density at radius 2 is 1.52 bits per heavy atom. The Hall–Kier alpha value is -6.71. The van der Waals surface area contributed by atoms with E-state index in [9.17, 15) is 29.2 Å². The summed E-state index contributed by atoms with van der Waals surface area (Å²) in [5.74, 6) is 1.20. The van der Waals surface area contributed by atoms with Crippen molar-refractivity contribution in [3.05, 3.63) is 119 Å². The Labute approximate surface area is 367 Å². The van der Waals surface area contributed by atoms with Crippen LogP contribution in [0, 0.1) is 40.8 Å². The highest BCUT2D eigenvalue weighted by Crippen LogP contribution is 2.41. The first-order valence-electron chi connectivity index (χ1n) is 20.9. The number of carbonyl (C=O) groups is 5. The zero-order chi connectivity index (χ0) is 45.5. The van der Waals surface area contributed by atoms with Gasteiger partial charge in [-0.25, -0.2) is 4.39 Å². The molecule has 1 aliphatic rings. The van der Waals surface area contributed by atoms with E-state index in [0.29, 0.717) is 39.3 Å². The molecule has 0 saturated heterocycles. The van der Waals surface area contributed by atoms with Crippen molar-refractivity contribution in [2.45, 2.75) is 57.5 Å². The molecular weight excluding hydrogens is 804 g/mol. The number of ether oxygens (including phenoxy) is 2. The molecule has 13 nitrogen and oxygen atoms in total. The van der Waals surface area contributed by atoms with Crippen LogP contribution in [-0.2, 0) is 25.6 Å². The van der Waals surface area contributed by atoms with Crippen LogP contribution in [-0.4, -0.2) is 80.0 Å². The minimum Gasteiger partial charge on any atom is -0.492 e. The third kappa shape index (κ3) is 12.5. The number of nitriles is 1. The van der Waals surface area contributed by atoms with Gasteiger partial charge in [-0.05, 0) is 85.1 Å². The standard InChI is InChI=1S/C49H53FN6O7/c1-31-25-44(59)47(56(2)49(61)36(18-20-52)30-43(58)37-15-12-33(27-40(37)50)11-10-32-7-4-3-5-8-32)35-14-17-46(63-24-22-54)39(29-35)38-26-34(13-16-45(38)62-23-21-53)28-41(55-48(31)60)42(57)9-6-19-51/h3-5,7-8,12-17,26-27,29,31,36,41,47H,6,9,18,20-25,28,30,52-54H2,1-2H3,(H,55,60)/t31-,36-,41+,47+/m1/s1. The quantitative estimate of drug-likeness (QED) is 0.0885. The summed E-state index contributed by atoms with van der Waals surface area (Å²) in [5, 5.41) is 12.0. The molecule has 328 valence electrons. The molecule has 1 heterocycles. The second-order valence-corrected chi connectivity index (χ2v) is 15.4. The summed E-state index contributed by atoms with van der Waals surface area (Å²) in [6.45, 7) is 2.26. The molecule has 4 atom stereocenters. The van der Waals surface area contributed by atoms with E-state index in [1.807, 2.05) is 36.4 Å². The van der Waals surface area contributed by atoms with Gasteiger partial charge >= 0.3 is 0 Å². The number of Topliss-reactive ketones (excluding diaryl/α,β-unsaturated/α-hetero) is 3. The fraction of sp³-hybridized carbons (Fsp3) is 0.347. The molecule has 4 bridgehead atoms. The molecule has 0 radical (unpaired) electrons. The summed E-state index contributed by atoms with van der Waals surface area (Å²) in [6.07, 6.45) is -0.758. The second-order valence-electron chi connectivity index (χ2n) is 15.4. The zero-order valence-electron chi connectivity index (χ0n) is 35.5. The molecule has 0 unspecified atom stereocenters. The molecule has 5 rings (SSSR count). The molecule has 0 aliphatic carbocycles. The Morgan fingerprint density at radius 3 is 2.17 bits per heavy atom. The number of nitrogens with two attached hydrogens (primary N) is 3. The molecule has 4 aromatic carbocycles. The van der Waals surface area contributed by atoms with Crippen molar-refractivity contribution in [2.75, 3.05) is 39.9 Å². The SMILES string of the molecule is C[C@@H]1CC(=O)[C@@H](N(C)C(=O)[C@H](CCN)CC(=O)c2ccc(C#Cc3ccccc3)cc2F)c2ccc(OCCN)c(c2)-c2cc(ccc2OCCN)C[C@@H](C(=O)CCC#N)NC1=O. The average molecular weight is 857 g/mol. The fourth-order valence-corrected chi connectivity index (χ4v) is 7.46. The van der Waals surface area contributed by atoms with Crippen LogP contribution in [0.15, 0.2) is 84.9 Å². The molecule has 4 aromatic rings. The maximum absolute atomic E-state index is 15.5. The van der Waals surface area contributed by atoms with E-state index in [1.165, 1.54) is 30.1 Å². The highest BCUT2D eigenvalue weighted by molar-refractivity contribution is 6.00. The van der Waals surface area contributed by atoms with E-state index in [2.05, 4.69) is 17.2 Å². The Balaban J connectivity index is 1.56. The first-order valence-corrected chi connectivity index (χ1v) is 20.9. The fourth-order valence-electron chi connectivity index (χ4n) is 7.46. The van der Waals surface area contributed by atoms with Crippen molar-refractivity contribution >= 4 is 29.2 Å². The van der Waals surface area contributed by atoms with Gasteiger partial charge in [-0.1, -0.05) is 49.1 Å². The number of amides is 2. The predicted molar refractivity (Wildman–Crippen MR) is 236 cm³/mol.